The number of anilines is 1. The Morgan fingerprint density at radius 1 is 1.09 bits per heavy atom. The zero-order valence-electron chi connectivity index (χ0n) is 18.0. The van der Waals surface area contributed by atoms with Crippen LogP contribution in [-0.4, -0.2) is 69.8 Å². The van der Waals surface area contributed by atoms with Gasteiger partial charge in [0.25, 0.3) is 5.91 Å². The van der Waals surface area contributed by atoms with Gasteiger partial charge >= 0.3 is 6.03 Å². The van der Waals surface area contributed by atoms with Crippen molar-refractivity contribution in [2.75, 3.05) is 31.5 Å². The molecule has 3 aromatic rings. The van der Waals surface area contributed by atoms with E-state index in [2.05, 4.69) is 20.6 Å². The lowest BCUT2D eigenvalue weighted by atomic mass is 10.0. The molecule has 0 spiro atoms. The highest BCUT2D eigenvalue weighted by Crippen LogP contribution is 2.17. The lowest BCUT2D eigenvalue weighted by molar-refractivity contribution is -0.118. The number of hydrogen-bond donors (Lipinski definition) is 3. The zero-order valence-corrected chi connectivity index (χ0v) is 18.8. The molecular formula is C22H26N6O3S. The molecule has 1 aliphatic rings. The zero-order chi connectivity index (χ0) is 22.7. The number of amides is 4. The van der Waals surface area contributed by atoms with E-state index < -0.39 is 6.04 Å². The molecule has 1 aliphatic heterocycles. The van der Waals surface area contributed by atoms with Crippen molar-refractivity contribution in [3.8, 4) is 0 Å². The SMILES string of the molecule is CC(C)[C@@H](NC(=O)N1CCN(C(=O)c2cc3ccccc3[nH]2)CC1)C(=O)Nc1nccs1. The van der Waals surface area contributed by atoms with Gasteiger partial charge in [-0.3, -0.25) is 9.59 Å². The standard InChI is InChI=1S/C22H26N6O3S/c1-14(2)18(19(29)26-21-23-7-12-32-21)25-22(31)28-10-8-27(9-11-28)20(30)17-13-15-5-3-4-6-16(15)24-17/h3-7,12-14,18,24H,8-11H2,1-2H3,(H,25,31)(H,23,26,29)/t18-/m1/s1. The number of aromatic amines is 1. The van der Waals surface area contributed by atoms with Crippen molar-refractivity contribution >= 4 is 45.2 Å². The predicted molar refractivity (Wildman–Crippen MR) is 124 cm³/mol. The van der Waals surface area contributed by atoms with Gasteiger partial charge in [-0.15, -0.1) is 11.3 Å². The Morgan fingerprint density at radius 3 is 2.47 bits per heavy atom. The summed E-state index contributed by atoms with van der Waals surface area (Å²) >= 11 is 1.32. The van der Waals surface area contributed by atoms with Gasteiger partial charge < -0.3 is 25.4 Å². The molecule has 4 amide bonds. The van der Waals surface area contributed by atoms with Gasteiger partial charge in [-0.2, -0.15) is 0 Å². The van der Waals surface area contributed by atoms with Crippen LogP contribution < -0.4 is 10.6 Å². The number of carbonyl (C=O) groups is 3. The summed E-state index contributed by atoms with van der Waals surface area (Å²) in [6, 6.07) is 8.61. The fourth-order valence-electron chi connectivity index (χ4n) is 3.70. The molecule has 1 aromatic carbocycles. The van der Waals surface area contributed by atoms with Crippen LogP contribution in [0, 0.1) is 5.92 Å². The summed E-state index contributed by atoms with van der Waals surface area (Å²) in [5.74, 6) is -0.469. The number of benzene rings is 1. The number of thiazole rings is 1. The largest absolute Gasteiger partial charge is 0.351 e. The van der Waals surface area contributed by atoms with E-state index in [1.165, 1.54) is 11.3 Å². The first kappa shape index (κ1) is 21.8. The van der Waals surface area contributed by atoms with Crippen molar-refractivity contribution in [2.45, 2.75) is 19.9 Å². The molecule has 0 aliphatic carbocycles. The molecule has 4 rings (SSSR count). The summed E-state index contributed by atoms with van der Waals surface area (Å²) < 4.78 is 0. The van der Waals surface area contributed by atoms with E-state index in [0.29, 0.717) is 37.0 Å². The lowest BCUT2D eigenvalue weighted by Crippen LogP contribution is -2.57. The monoisotopic (exact) mass is 454 g/mol. The molecule has 3 heterocycles. The van der Waals surface area contributed by atoms with E-state index >= 15 is 0 Å². The van der Waals surface area contributed by atoms with Gasteiger partial charge in [-0.1, -0.05) is 32.0 Å². The third-order valence-electron chi connectivity index (χ3n) is 5.51. The number of hydrogen-bond acceptors (Lipinski definition) is 5. The average molecular weight is 455 g/mol. The third-order valence-corrected chi connectivity index (χ3v) is 6.19. The predicted octanol–water partition coefficient (Wildman–Crippen LogP) is 2.76. The number of fused-ring (bicyclic) bond motifs is 1. The molecule has 1 atom stereocenters. The number of rotatable bonds is 5. The molecular weight excluding hydrogens is 428 g/mol. The second-order valence-corrected chi connectivity index (χ2v) is 8.94. The van der Waals surface area contributed by atoms with Gasteiger partial charge in [-0.05, 0) is 18.1 Å². The van der Waals surface area contributed by atoms with Crippen molar-refractivity contribution in [2.24, 2.45) is 5.92 Å². The van der Waals surface area contributed by atoms with Crippen LogP contribution >= 0.6 is 11.3 Å². The van der Waals surface area contributed by atoms with E-state index in [1.54, 1.807) is 21.4 Å². The van der Waals surface area contributed by atoms with E-state index in [0.717, 1.165) is 10.9 Å². The molecule has 0 unspecified atom stereocenters. The topological polar surface area (TPSA) is 110 Å². The summed E-state index contributed by atoms with van der Waals surface area (Å²) in [4.78, 5) is 48.9. The maximum absolute atomic E-state index is 12.9. The molecule has 2 aromatic heterocycles. The molecule has 0 bridgehead atoms. The summed E-state index contributed by atoms with van der Waals surface area (Å²) in [5.41, 5.74) is 1.47. The van der Waals surface area contributed by atoms with E-state index in [-0.39, 0.29) is 23.8 Å². The highest BCUT2D eigenvalue weighted by atomic mass is 32.1. The van der Waals surface area contributed by atoms with Gasteiger partial charge in [0, 0.05) is 48.7 Å². The van der Waals surface area contributed by atoms with Crippen LogP contribution in [0.3, 0.4) is 0 Å². The third kappa shape index (κ3) is 4.75. The Labute approximate surface area is 189 Å². The normalized spacial score (nSPS) is 15.1. The van der Waals surface area contributed by atoms with Crippen LogP contribution in [0.15, 0.2) is 41.9 Å². The second kappa shape index (κ2) is 9.39. The van der Waals surface area contributed by atoms with Gasteiger partial charge in [0.2, 0.25) is 5.91 Å². The Bertz CT molecular complexity index is 1070. The second-order valence-electron chi connectivity index (χ2n) is 8.05. The highest BCUT2D eigenvalue weighted by Gasteiger charge is 2.30. The van der Waals surface area contributed by atoms with Crippen molar-refractivity contribution in [3.05, 3.63) is 47.6 Å². The minimum atomic E-state index is -0.683. The fourth-order valence-corrected chi connectivity index (χ4v) is 4.23. The molecule has 10 heteroatoms. The van der Waals surface area contributed by atoms with Crippen LogP contribution in [0.5, 0.6) is 0 Å². The molecule has 168 valence electrons. The van der Waals surface area contributed by atoms with Gasteiger partial charge in [0.15, 0.2) is 5.13 Å². The van der Waals surface area contributed by atoms with Gasteiger partial charge in [0.05, 0.1) is 0 Å². The molecule has 0 radical (unpaired) electrons. The van der Waals surface area contributed by atoms with Crippen LogP contribution in [0.25, 0.3) is 10.9 Å². The Hall–Kier alpha value is -3.40. The quantitative estimate of drug-likeness (QED) is 0.551. The Balaban J connectivity index is 1.33. The summed E-state index contributed by atoms with van der Waals surface area (Å²) in [6.45, 7) is 5.42. The maximum Gasteiger partial charge on any atom is 0.318 e. The lowest BCUT2D eigenvalue weighted by Gasteiger charge is -2.35. The first-order valence-corrected chi connectivity index (χ1v) is 11.4. The van der Waals surface area contributed by atoms with Crippen LogP contribution in [-0.2, 0) is 4.79 Å². The van der Waals surface area contributed by atoms with Gasteiger partial charge in [-0.25, -0.2) is 9.78 Å². The van der Waals surface area contributed by atoms with Crippen molar-refractivity contribution in [1.29, 1.82) is 0 Å². The molecule has 1 fully saturated rings. The number of carbonyl (C=O) groups excluding carboxylic acids is 3. The van der Waals surface area contributed by atoms with Crippen molar-refractivity contribution in [3.63, 3.8) is 0 Å². The number of piperazine rings is 1. The first-order chi connectivity index (χ1) is 15.4. The number of H-pyrrole nitrogens is 1. The van der Waals surface area contributed by atoms with Crippen LogP contribution in [0.4, 0.5) is 9.93 Å². The highest BCUT2D eigenvalue weighted by molar-refractivity contribution is 7.13. The van der Waals surface area contributed by atoms with E-state index in [4.69, 9.17) is 0 Å². The summed E-state index contributed by atoms with van der Waals surface area (Å²) in [5, 5.41) is 8.84. The number of nitrogens with zero attached hydrogens (tertiary/aromatic N) is 3. The number of aromatic nitrogens is 2. The Morgan fingerprint density at radius 2 is 1.81 bits per heavy atom. The number of urea groups is 1. The summed E-state index contributed by atoms with van der Waals surface area (Å²) in [6.07, 6.45) is 1.61. The Kier molecular flexibility index (Phi) is 6.40. The number of nitrogens with one attached hydrogen (secondary N) is 3. The van der Waals surface area contributed by atoms with Gasteiger partial charge in [0.1, 0.15) is 11.7 Å². The number of para-hydroxylation sites is 1. The van der Waals surface area contributed by atoms with Crippen LogP contribution in [0.2, 0.25) is 0 Å². The smallest absolute Gasteiger partial charge is 0.318 e. The summed E-state index contributed by atoms with van der Waals surface area (Å²) in [7, 11) is 0. The molecule has 9 nitrogen and oxygen atoms in total. The maximum atomic E-state index is 12.9. The molecule has 0 saturated carbocycles. The van der Waals surface area contributed by atoms with Crippen molar-refractivity contribution in [1.82, 2.24) is 25.1 Å². The van der Waals surface area contributed by atoms with Crippen molar-refractivity contribution < 1.29 is 14.4 Å². The van der Waals surface area contributed by atoms with E-state index in [1.807, 2.05) is 44.2 Å². The average Bonchev–Trinajstić information content (AvgIpc) is 3.46. The minimum absolute atomic E-state index is 0.0795. The van der Waals surface area contributed by atoms with Crippen LogP contribution in [0.1, 0.15) is 24.3 Å². The molecule has 32 heavy (non-hydrogen) atoms. The minimum Gasteiger partial charge on any atom is -0.351 e. The fraction of sp³-hybridized carbons (Fsp3) is 0.364. The first-order valence-electron chi connectivity index (χ1n) is 10.5. The van der Waals surface area contributed by atoms with E-state index in [9.17, 15) is 14.4 Å². The molecule has 3 N–H and O–H groups in total. The molecule has 1 saturated heterocycles.